The van der Waals surface area contributed by atoms with Gasteiger partial charge in [0.25, 0.3) is 17.5 Å². The van der Waals surface area contributed by atoms with Gasteiger partial charge in [0.05, 0.1) is 40.0 Å². The molecule has 4 amide bonds. The highest BCUT2D eigenvalue weighted by Crippen LogP contribution is 2.64. The molecule has 2 saturated heterocycles. The molecule has 0 bridgehead atoms. The second-order valence-electron chi connectivity index (χ2n) is 13.3. The number of aliphatic hydroxyl groups excluding tert-OH is 1. The monoisotopic (exact) mass is 672 g/mol. The molecule has 1 aromatic heterocycles. The van der Waals surface area contributed by atoms with Crippen LogP contribution in [0.15, 0.2) is 107 Å². The molecular weight excluding hydrogens is 640 g/mol. The number of nitro benzene ring substituents is 1. The number of non-ortho nitro benzene ring substituents is 1. The van der Waals surface area contributed by atoms with Crippen LogP contribution in [0.3, 0.4) is 0 Å². The van der Waals surface area contributed by atoms with Crippen molar-refractivity contribution in [3.63, 3.8) is 0 Å². The summed E-state index contributed by atoms with van der Waals surface area (Å²) in [5.41, 5.74) is 4.24. The predicted octanol–water partition coefficient (Wildman–Crippen LogP) is 5.18. The Morgan fingerprint density at radius 1 is 0.920 bits per heavy atom. The van der Waals surface area contributed by atoms with Crippen molar-refractivity contribution in [2.75, 3.05) is 10.3 Å². The fourth-order valence-corrected chi connectivity index (χ4v) is 8.69. The lowest BCUT2D eigenvalue weighted by Gasteiger charge is -2.49. The molecular formula is C38H32N4O8. The molecule has 252 valence electrons. The number of fused-ring (bicyclic) bond motifs is 4. The number of anilines is 2. The number of benzene rings is 3. The van der Waals surface area contributed by atoms with Crippen molar-refractivity contribution in [3.8, 4) is 0 Å². The van der Waals surface area contributed by atoms with Crippen LogP contribution in [-0.2, 0) is 31.2 Å². The standard InChI is InChI=1S/C38H32N4O8/c1-21-10-12-23(13-11-21)39-41-35(45)30-19-29-27(15-16-28-32(29)36(46)40(34(28)44)24-8-5-9-25(18-24)42(48)49)33(31-17-14-26(20-43)50-31)38(30,37(41)47)22-6-3-2-4-7-22/h2-15,17-18,28-30,32-33,39,43H,16,19-20H2,1H3/t28-,29+,30-,32-,33+,38+/m0/s1. The third kappa shape index (κ3) is 4.48. The number of carbonyl (C=O) groups is 4. The summed E-state index contributed by atoms with van der Waals surface area (Å²) in [5, 5.41) is 22.6. The van der Waals surface area contributed by atoms with Crippen LogP contribution in [0.1, 0.15) is 41.4 Å². The molecule has 0 unspecified atom stereocenters. The Labute approximate surface area is 286 Å². The average molecular weight is 673 g/mol. The van der Waals surface area contributed by atoms with Gasteiger partial charge in [-0.2, -0.15) is 5.01 Å². The predicted molar refractivity (Wildman–Crippen MR) is 179 cm³/mol. The minimum absolute atomic E-state index is 0.0877. The molecule has 4 aliphatic rings. The minimum atomic E-state index is -1.50. The van der Waals surface area contributed by atoms with Gasteiger partial charge in [0, 0.05) is 12.1 Å². The molecule has 0 spiro atoms. The highest BCUT2D eigenvalue weighted by Gasteiger charge is 2.71. The topological polar surface area (TPSA) is 163 Å². The maximum Gasteiger partial charge on any atom is 0.271 e. The summed E-state index contributed by atoms with van der Waals surface area (Å²) in [5.74, 6) is -5.45. The summed E-state index contributed by atoms with van der Waals surface area (Å²) in [4.78, 5) is 70.0. The van der Waals surface area contributed by atoms with Gasteiger partial charge in [-0.05, 0) is 61.6 Å². The maximum absolute atomic E-state index is 15.1. The molecule has 2 N–H and O–H groups in total. The Morgan fingerprint density at radius 3 is 2.38 bits per heavy atom. The normalized spacial score (nSPS) is 27.2. The molecule has 2 aliphatic heterocycles. The molecule has 2 aliphatic carbocycles. The number of aryl methyl sites for hydroxylation is 1. The lowest BCUT2D eigenvalue weighted by molar-refractivity contribution is -0.384. The van der Waals surface area contributed by atoms with Crippen LogP contribution in [-0.4, -0.2) is 38.7 Å². The van der Waals surface area contributed by atoms with Gasteiger partial charge in [-0.25, -0.2) is 4.90 Å². The van der Waals surface area contributed by atoms with E-state index in [1.54, 1.807) is 36.4 Å². The van der Waals surface area contributed by atoms with Crippen molar-refractivity contribution < 1.29 is 33.6 Å². The number of carbonyl (C=O) groups excluding carboxylic acids is 4. The zero-order chi connectivity index (χ0) is 34.9. The Bertz CT molecular complexity index is 2110. The number of hydrazine groups is 1. The Balaban J connectivity index is 1.29. The number of furan rings is 1. The number of nitrogens with zero attached hydrogens (tertiary/aromatic N) is 3. The van der Waals surface area contributed by atoms with Crippen molar-refractivity contribution in [2.45, 2.75) is 37.7 Å². The fraction of sp³-hybridized carbons (Fsp3) is 0.263. The first kappa shape index (κ1) is 31.4. The van der Waals surface area contributed by atoms with E-state index in [1.807, 2.05) is 43.3 Å². The van der Waals surface area contributed by atoms with Gasteiger partial charge in [-0.1, -0.05) is 65.7 Å². The molecule has 8 rings (SSSR count). The van der Waals surface area contributed by atoms with Gasteiger partial charge < -0.3 is 9.52 Å². The van der Waals surface area contributed by atoms with E-state index in [0.29, 0.717) is 22.6 Å². The Hall–Kier alpha value is -5.88. The van der Waals surface area contributed by atoms with Crippen LogP contribution < -0.4 is 10.3 Å². The van der Waals surface area contributed by atoms with Gasteiger partial charge >= 0.3 is 0 Å². The average Bonchev–Trinajstić information content (AvgIpc) is 3.77. The molecule has 6 atom stereocenters. The van der Waals surface area contributed by atoms with Crippen LogP contribution in [0.4, 0.5) is 17.1 Å². The summed E-state index contributed by atoms with van der Waals surface area (Å²) in [6, 6.07) is 25.1. The third-order valence-electron chi connectivity index (χ3n) is 10.8. The zero-order valence-electron chi connectivity index (χ0n) is 26.9. The lowest BCUT2D eigenvalue weighted by atomic mass is 9.50. The van der Waals surface area contributed by atoms with Crippen LogP contribution in [0.5, 0.6) is 0 Å². The van der Waals surface area contributed by atoms with E-state index in [9.17, 15) is 29.6 Å². The molecule has 12 nitrogen and oxygen atoms in total. The first-order valence-corrected chi connectivity index (χ1v) is 16.4. The molecule has 50 heavy (non-hydrogen) atoms. The number of nitrogens with one attached hydrogen (secondary N) is 1. The summed E-state index contributed by atoms with van der Waals surface area (Å²) < 4.78 is 6.19. The summed E-state index contributed by atoms with van der Waals surface area (Å²) in [6.45, 7) is 1.54. The quantitative estimate of drug-likeness (QED) is 0.117. The molecule has 4 aromatic rings. The largest absolute Gasteiger partial charge is 0.463 e. The minimum Gasteiger partial charge on any atom is -0.463 e. The number of imide groups is 2. The Kier molecular flexibility index (Phi) is 7.30. The second-order valence-corrected chi connectivity index (χ2v) is 13.3. The van der Waals surface area contributed by atoms with Crippen LogP contribution >= 0.6 is 0 Å². The lowest BCUT2D eigenvalue weighted by Crippen LogP contribution is -2.53. The molecule has 3 heterocycles. The number of hydrogen-bond acceptors (Lipinski definition) is 9. The number of rotatable bonds is 7. The summed E-state index contributed by atoms with van der Waals surface area (Å²) >= 11 is 0. The number of nitro groups is 1. The molecule has 0 radical (unpaired) electrons. The van der Waals surface area contributed by atoms with E-state index < -0.39 is 63.6 Å². The third-order valence-corrected chi connectivity index (χ3v) is 10.8. The molecule has 12 heteroatoms. The zero-order valence-corrected chi connectivity index (χ0v) is 26.9. The number of hydrogen-bond donors (Lipinski definition) is 2. The highest BCUT2D eigenvalue weighted by atomic mass is 16.6. The highest BCUT2D eigenvalue weighted by molar-refractivity contribution is 6.22. The number of allylic oxidation sites excluding steroid dienone is 2. The number of amides is 4. The van der Waals surface area contributed by atoms with Crippen molar-refractivity contribution in [1.29, 1.82) is 0 Å². The van der Waals surface area contributed by atoms with Crippen LogP contribution in [0.25, 0.3) is 0 Å². The van der Waals surface area contributed by atoms with E-state index in [2.05, 4.69) is 5.43 Å². The first-order valence-electron chi connectivity index (χ1n) is 16.4. The smallest absolute Gasteiger partial charge is 0.271 e. The summed E-state index contributed by atoms with van der Waals surface area (Å²) in [6.07, 6.45) is 2.17. The number of aliphatic hydroxyl groups is 1. The maximum atomic E-state index is 15.1. The van der Waals surface area contributed by atoms with Gasteiger partial charge in [-0.3, -0.25) is 34.7 Å². The molecule has 1 saturated carbocycles. The van der Waals surface area contributed by atoms with E-state index in [-0.39, 0.29) is 36.6 Å². The SMILES string of the molecule is Cc1ccc(NN2C(=O)[C@@H]3C[C@@H]4C(=CC[C@@H]5C(=O)N(c6cccc([N+](=O)[O-])c6)C(=O)[C@@H]54)[C@H](c4ccc(CO)o4)[C@]3(c3ccccc3)C2=O)cc1. The van der Waals surface area contributed by atoms with E-state index >= 15 is 4.79 Å². The van der Waals surface area contributed by atoms with Crippen molar-refractivity contribution in [1.82, 2.24) is 5.01 Å². The Morgan fingerprint density at radius 2 is 1.68 bits per heavy atom. The first-order chi connectivity index (χ1) is 24.1. The fourth-order valence-electron chi connectivity index (χ4n) is 8.69. The molecule has 3 fully saturated rings. The van der Waals surface area contributed by atoms with Gasteiger partial charge in [0.2, 0.25) is 11.8 Å². The van der Waals surface area contributed by atoms with Crippen molar-refractivity contribution >= 4 is 40.7 Å². The van der Waals surface area contributed by atoms with E-state index in [0.717, 1.165) is 15.5 Å². The van der Waals surface area contributed by atoms with Crippen molar-refractivity contribution in [2.24, 2.45) is 23.7 Å². The van der Waals surface area contributed by atoms with Gasteiger partial charge in [0.1, 0.15) is 23.5 Å². The van der Waals surface area contributed by atoms with Gasteiger partial charge in [-0.15, -0.1) is 0 Å². The van der Waals surface area contributed by atoms with Crippen LogP contribution in [0.2, 0.25) is 0 Å². The second kappa shape index (κ2) is 11.6. The summed E-state index contributed by atoms with van der Waals surface area (Å²) in [7, 11) is 0. The van der Waals surface area contributed by atoms with Crippen LogP contribution in [0, 0.1) is 40.7 Å². The van der Waals surface area contributed by atoms with E-state index in [1.165, 1.54) is 24.3 Å². The van der Waals surface area contributed by atoms with E-state index in [4.69, 9.17) is 4.42 Å². The van der Waals surface area contributed by atoms with Gasteiger partial charge in [0.15, 0.2) is 0 Å². The molecule has 3 aromatic carbocycles. The van der Waals surface area contributed by atoms with Crippen molar-refractivity contribution in [3.05, 3.63) is 135 Å².